The first kappa shape index (κ1) is 16.5. The molecule has 4 rings (SSSR count). The van der Waals surface area contributed by atoms with Crippen LogP contribution in [0.15, 0.2) is 30.7 Å². The minimum Gasteiger partial charge on any atom is -0.370 e. The monoisotopic (exact) mass is 346 g/mol. The summed E-state index contributed by atoms with van der Waals surface area (Å²) >= 11 is 0. The molecule has 0 saturated carbocycles. The van der Waals surface area contributed by atoms with E-state index in [9.17, 15) is 5.26 Å². The Morgan fingerprint density at radius 3 is 2.73 bits per heavy atom. The molecule has 3 heterocycles. The van der Waals surface area contributed by atoms with Gasteiger partial charge in [0.25, 0.3) is 0 Å². The van der Waals surface area contributed by atoms with Crippen LogP contribution >= 0.6 is 0 Å². The topological polar surface area (TPSA) is 70.6 Å². The summed E-state index contributed by atoms with van der Waals surface area (Å²) in [4.78, 5) is 6.91. The second kappa shape index (κ2) is 6.75. The highest BCUT2D eigenvalue weighted by Gasteiger charge is 2.24. The predicted octanol–water partition coefficient (Wildman–Crippen LogP) is 3.23. The summed E-state index contributed by atoms with van der Waals surface area (Å²) in [5.74, 6) is 0.593. The first-order valence-electron chi connectivity index (χ1n) is 9.05. The molecule has 3 aromatic rings. The number of nitrogens with zero attached hydrogens (tertiary/aromatic N) is 6. The van der Waals surface area contributed by atoms with Crippen LogP contribution < -0.4 is 4.90 Å². The second-order valence-corrected chi connectivity index (χ2v) is 7.17. The maximum atomic E-state index is 9.64. The summed E-state index contributed by atoms with van der Waals surface area (Å²) in [6.45, 7) is 6.98. The Morgan fingerprint density at radius 1 is 1.23 bits per heavy atom. The van der Waals surface area contributed by atoms with Crippen molar-refractivity contribution < 1.29 is 0 Å². The number of fused-ring (bicyclic) bond motifs is 1. The van der Waals surface area contributed by atoms with Crippen molar-refractivity contribution in [1.82, 2.24) is 20.0 Å². The van der Waals surface area contributed by atoms with Crippen LogP contribution in [0.5, 0.6) is 0 Å². The number of aromatic nitrogens is 4. The first-order chi connectivity index (χ1) is 12.7. The van der Waals surface area contributed by atoms with Gasteiger partial charge in [-0.15, -0.1) is 5.10 Å². The van der Waals surface area contributed by atoms with Crippen molar-refractivity contribution >= 4 is 16.6 Å². The van der Waals surface area contributed by atoms with E-state index in [1.165, 1.54) is 5.56 Å². The third-order valence-corrected chi connectivity index (χ3v) is 5.25. The Labute approximate surface area is 153 Å². The van der Waals surface area contributed by atoms with Gasteiger partial charge in [0.05, 0.1) is 23.0 Å². The van der Waals surface area contributed by atoms with Crippen LogP contribution in [0.1, 0.15) is 29.5 Å². The highest BCUT2D eigenvalue weighted by Crippen LogP contribution is 2.34. The standard InChI is InChI=1S/C20H22N6/c1-14-9-15(2)19-18(10-14)20(17(11-21)12-22-19)25-6-3-16(4-7-25)13-26-8-5-23-24-26/h5,8-10,12,16H,3-4,6-7,13H2,1-2H3. The molecule has 0 aliphatic carbocycles. The van der Waals surface area contributed by atoms with Gasteiger partial charge in [-0.25, -0.2) is 0 Å². The molecule has 0 spiro atoms. The van der Waals surface area contributed by atoms with E-state index in [2.05, 4.69) is 52.2 Å². The quantitative estimate of drug-likeness (QED) is 0.728. The number of piperidine rings is 1. The molecule has 2 aromatic heterocycles. The van der Waals surface area contributed by atoms with Gasteiger partial charge >= 0.3 is 0 Å². The molecule has 1 saturated heterocycles. The lowest BCUT2D eigenvalue weighted by atomic mass is 9.95. The fourth-order valence-corrected chi connectivity index (χ4v) is 4.00. The average molecular weight is 346 g/mol. The zero-order valence-electron chi connectivity index (χ0n) is 15.2. The molecule has 0 bridgehead atoms. The van der Waals surface area contributed by atoms with E-state index in [1.807, 2.05) is 10.9 Å². The molecule has 0 amide bonds. The van der Waals surface area contributed by atoms with Crippen LogP contribution in [0.25, 0.3) is 10.9 Å². The SMILES string of the molecule is Cc1cc(C)c2ncc(C#N)c(N3CCC(Cn4ccnn4)CC3)c2c1. The van der Waals surface area contributed by atoms with E-state index in [1.54, 1.807) is 12.4 Å². The number of aryl methyl sites for hydroxylation is 2. The molecule has 1 aliphatic heterocycles. The summed E-state index contributed by atoms with van der Waals surface area (Å²) in [6.07, 6.45) is 7.53. The zero-order valence-corrected chi connectivity index (χ0v) is 15.2. The number of anilines is 1. The van der Waals surface area contributed by atoms with Gasteiger partial charge in [-0.05, 0) is 44.2 Å². The summed E-state index contributed by atoms with van der Waals surface area (Å²) in [6, 6.07) is 6.65. The Morgan fingerprint density at radius 2 is 2.04 bits per heavy atom. The lowest BCUT2D eigenvalue weighted by Crippen LogP contribution is -2.35. The Hall–Kier alpha value is -2.94. The molecule has 1 aliphatic rings. The molecular formula is C20H22N6. The van der Waals surface area contributed by atoms with Crippen LogP contribution in [-0.2, 0) is 6.54 Å². The van der Waals surface area contributed by atoms with Crippen molar-refractivity contribution in [3.05, 3.63) is 47.4 Å². The molecular weight excluding hydrogens is 324 g/mol. The van der Waals surface area contributed by atoms with Crippen LogP contribution in [0.2, 0.25) is 0 Å². The first-order valence-corrected chi connectivity index (χ1v) is 9.05. The fraction of sp³-hybridized carbons (Fsp3) is 0.400. The number of pyridine rings is 1. The van der Waals surface area contributed by atoms with E-state index in [4.69, 9.17) is 0 Å². The summed E-state index contributed by atoms with van der Waals surface area (Å²) < 4.78 is 1.91. The van der Waals surface area contributed by atoms with Gasteiger partial charge in [-0.2, -0.15) is 5.26 Å². The van der Waals surface area contributed by atoms with E-state index in [0.29, 0.717) is 11.5 Å². The third kappa shape index (κ3) is 3.01. The largest absolute Gasteiger partial charge is 0.370 e. The second-order valence-electron chi connectivity index (χ2n) is 7.17. The molecule has 1 fully saturated rings. The molecule has 0 N–H and O–H groups in total. The maximum Gasteiger partial charge on any atom is 0.103 e. The van der Waals surface area contributed by atoms with Gasteiger partial charge in [0.15, 0.2) is 0 Å². The highest BCUT2D eigenvalue weighted by atomic mass is 15.4. The Kier molecular flexibility index (Phi) is 4.29. The fourth-order valence-electron chi connectivity index (χ4n) is 4.00. The molecule has 6 heteroatoms. The van der Waals surface area contributed by atoms with E-state index in [0.717, 1.165) is 54.6 Å². The summed E-state index contributed by atoms with van der Waals surface area (Å²) in [7, 11) is 0. The number of benzene rings is 1. The lowest BCUT2D eigenvalue weighted by molar-refractivity contribution is 0.339. The maximum absolute atomic E-state index is 9.64. The molecule has 26 heavy (non-hydrogen) atoms. The average Bonchev–Trinajstić information content (AvgIpc) is 3.14. The normalized spacial score (nSPS) is 15.3. The van der Waals surface area contributed by atoms with Crippen LogP contribution in [-0.4, -0.2) is 33.1 Å². The smallest absolute Gasteiger partial charge is 0.103 e. The van der Waals surface area contributed by atoms with Crippen molar-refractivity contribution in [2.75, 3.05) is 18.0 Å². The summed E-state index contributed by atoms with van der Waals surface area (Å²) in [5, 5.41) is 18.7. The van der Waals surface area contributed by atoms with E-state index >= 15 is 0 Å². The van der Waals surface area contributed by atoms with Gasteiger partial charge < -0.3 is 4.90 Å². The van der Waals surface area contributed by atoms with Crippen molar-refractivity contribution in [2.24, 2.45) is 5.92 Å². The number of rotatable bonds is 3. The van der Waals surface area contributed by atoms with Crippen molar-refractivity contribution in [1.29, 1.82) is 5.26 Å². The van der Waals surface area contributed by atoms with Crippen LogP contribution in [0.4, 0.5) is 5.69 Å². The molecule has 0 atom stereocenters. The molecule has 132 valence electrons. The van der Waals surface area contributed by atoms with Gasteiger partial charge in [-0.1, -0.05) is 16.8 Å². The van der Waals surface area contributed by atoms with Gasteiger partial charge in [-0.3, -0.25) is 9.67 Å². The summed E-state index contributed by atoms with van der Waals surface area (Å²) in [5.41, 5.74) is 5.07. The highest BCUT2D eigenvalue weighted by molar-refractivity contribution is 5.96. The molecule has 1 aromatic carbocycles. The number of nitriles is 1. The molecule has 0 unspecified atom stereocenters. The molecule has 6 nitrogen and oxygen atoms in total. The Bertz CT molecular complexity index is 962. The zero-order chi connectivity index (χ0) is 18.1. The lowest BCUT2D eigenvalue weighted by Gasteiger charge is -2.34. The van der Waals surface area contributed by atoms with Gasteiger partial charge in [0, 0.05) is 37.4 Å². The van der Waals surface area contributed by atoms with Gasteiger partial charge in [0.1, 0.15) is 6.07 Å². The third-order valence-electron chi connectivity index (χ3n) is 5.25. The number of hydrogen-bond acceptors (Lipinski definition) is 5. The van der Waals surface area contributed by atoms with E-state index < -0.39 is 0 Å². The van der Waals surface area contributed by atoms with Crippen molar-refractivity contribution in [2.45, 2.75) is 33.2 Å². The van der Waals surface area contributed by atoms with E-state index in [-0.39, 0.29) is 0 Å². The number of hydrogen-bond donors (Lipinski definition) is 0. The van der Waals surface area contributed by atoms with Crippen LogP contribution in [0.3, 0.4) is 0 Å². The minimum atomic E-state index is 0.593. The van der Waals surface area contributed by atoms with Crippen molar-refractivity contribution in [3.63, 3.8) is 0 Å². The minimum absolute atomic E-state index is 0.593. The van der Waals surface area contributed by atoms with Crippen LogP contribution in [0, 0.1) is 31.1 Å². The predicted molar refractivity (Wildman–Crippen MR) is 101 cm³/mol. The van der Waals surface area contributed by atoms with Crippen molar-refractivity contribution in [3.8, 4) is 6.07 Å². The Balaban J connectivity index is 1.63. The molecule has 0 radical (unpaired) electrons. The van der Waals surface area contributed by atoms with Gasteiger partial charge in [0.2, 0.25) is 0 Å².